The number of nitrogens with two attached hydrogens (primary N) is 1. The second-order valence-electron chi connectivity index (χ2n) is 4.30. The van der Waals surface area contributed by atoms with Gasteiger partial charge in [-0.3, -0.25) is 11.3 Å². The van der Waals surface area contributed by atoms with Gasteiger partial charge in [0, 0.05) is 10.5 Å². The summed E-state index contributed by atoms with van der Waals surface area (Å²) in [5.41, 5.74) is 3.68. The van der Waals surface area contributed by atoms with Gasteiger partial charge in [0.15, 0.2) is 0 Å². The van der Waals surface area contributed by atoms with E-state index in [0.717, 1.165) is 29.3 Å². The van der Waals surface area contributed by atoms with Crippen molar-refractivity contribution >= 4 is 15.9 Å². The third kappa shape index (κ3) is 4.05. The summed E-state index contributed by atoms with van der Waals surface area (Å²) in [6.45, 7) is 4.34. The third-order valence-corrected chi connectivity index (χ3v) is 3.98. The molecule has 1 aromatic carbocycles. The summed E-state index contributed by atoms with van der Waals surface area (Å²) in [4.78, 5) is 0. The Hall–Kier alpha value is -0.450. The molecule has 0 radical (unpaired) electrons. The van der Waals surface area contributed by atoms with Gasteiger partial charge in [-0.1, -0.05) is 42.6 Å². The Bertz CT molecular complexity index is 353. The maximum Gasteiger partial charge on any atom is 0.123 e. The maximum absolute atomic E-state index is 13.3. The van der Waals surface area contributed by atoms with Gasteiger partial charge >= 0.3 is 0 Å². The molecule has 1 atom stereocenters. The Morgan fingerprint density at radius 1 is 1.35 bits per heavy atom. The molecule has 2 nitrogen and oxygen atoms in total. The number of rotatable bonds is 6. The first kappa shape index (κ1) is 14.6. The minimum absolute atomic E-state index is 0.00928. The molecule has 17 heavy (non-hydrogen) atoms. The minimum atomic E-state index is -0.229. The molecule has 0 saturated carbocycles. The predicted octanol–water partition coefficient (Wildman–Crippen LogP) is 3.92. The van der Waals surface area contributed by atoms with Crippen molar-refractivity contribution in [2.24, 2.45) is 11.8 Å². The zero-order valence-electron chi connectivity index (χ0n) is 10.3. The maximum atomic E-state index is 13.3. The van der Waals surface area contributed by atoms with E-state index in [-0.39, 0.29) is 11.9 Å². The molecule has 3 N–H and O–H groups in total. The summed E-state index contributed by atoms with van der Waals surface area (Å²) in [7, 11) is 0. The molecule has 4 heteroatoms. The molecular weight excluding hydrogens is 283 g/mol. The van der Waals surface area contributed by atoms with Gasteiger partial charge in [-0.15, -0.1) is 0 Å². The summed E-state index contributed by atoms with van der Waals surface area (Å²) >= 11 is 3.44. The quantitative estimate of drug-likeness (QED) is 0.617. The van der Waals surface area contributed by atoms with Crippen LogP contribution in [0.25, 0.3) is 0 Å². The Labute approximate surface area is 111 Å². The molecular formula is C13H20BrFN2. The highest BCUT2D eigenvalue weighted by molar-refractivity contribution is 9.10. The molecule has 0 heterocycles. The van der Waals surface area contributed by atoms with Crippen molar-refractivity contribution in [2.75, 3.05) is 0 Å². The largest absolute Gasteiger partial charge is 0.271 e. The van der Waals surface area contributed by atoms with Crippen molar-refractivity contribution in [3.63, 3.8) is 0 Å². The lowest BCUT2D eigenvalue weighted by atomic mass is 9.91. The number of benzene rings is 1. The van der Waals surface area contributed by atoms with E-state index in [1.165, 1.54) is 12.1 Å². The van der Waals surface area contributed by atoms with Gasteiger partial charge < -0.3 is 0 Å². The van der Waals surface area contributed by atoms with Crippen LogP contribution in [0.3, 0.4) is 0 Å². The molecule has 0 saturated heterocycles. The smallest absolute Gasteiger partial charge is 0.123 e. The van der Waals surface area contributed by atoms with Gasteiger partial charge in [0.05, 0.1) is 0 Å². The summed E-state index contributed by atoms with van der Waals surface area (Å²) in [5, 5.41) is 0. The highest BCUT2D eigenvalue weighted by Crippen LogP contribution is 2.30. The first-order valence-corrected chi connectivity index (χ1v) is 6.82. The van der Waals surface area contributed by atoms with Gasteiger partial charge in [-0.2, -0.15) is 0 Å². The molecule has 0 spiro atoms. The van der Waals surface area contributed by atoms with Crippen LogP contribution in [0.2, 0.25) is 0 Å². The SMILES string of the molecule is CCC(CC)CC(NN)c1cc(F)ccc1Br. The van der Waals surface area contributed by atoms with Crippen molar-refractivity contribution in [1.82, 2.24) is 5.43 Å². The molecule has 96 valence electrons. The highest BCUT2D eigenvalue weighted by Gasteiger charge is 2.17. The lowest BCUT2D eigenvalue weighted by Crippen LogP contribution is -2.30. The monoisotopic (exact) mass is 302 g/mol. The standard InChI is InChI=1S/C13H20BrFN2/c1-3-9(4-2)7-13(17-16)11-8-10(15)5-6-12(11)14/h5-6,8-9,13,17H,3-4,7,16H2,1-2H3. The Morgan fingerprint density at radius 2 is 2.00 bits per heavy atom. The summed E-state index contributed by atoms with van der Waals surface area (Å²) in [6.07, 6.45) is 3.15. The third-order valence-electron chi connectivity index (χ3n) is 3.26. The van der Waals surface area contributed by atoms with Crippen molar-refractivity contribution < 1.29 is 4.39 Å². The second kappa shape index (κ2) is 7.09. The van der Waals surface area contributed by atoms with E-state index in [1.807, 2.05) is 0 Å². The topological polar surface area (TPSA) is 38.0 Å². The van der Waals surface area contributed by atoms with Gasteiger partial charge in [-0.05, 0) is 36.1 Å². The zero-order valence-corrected chi connectivity index (χ0v) is 11.9. The Morgan fingerprint density at radius 3 is 2.53 bits per heavy atom. The van der Waals surface area contributed by atoms with Crippen LogP contribution < -0.4 is 11.3 Å². The van der Waals surface area contributed by atoms with Crippen molar-refractivity contribution in [3.8, 4) is 0 Å². The first-order valence-electron chi connectivity index (χ1n) is 6.03. The second-order valence-corrected chi connectivity index (χ2v) is 5.16. The van der Waals surface area contributed by atoms with Crippen LogP contribution in [-0.2, 0) is 0 Å². The van der Waals surface area contributed by atoms with Crippen LogP contribution in [0.1, 0.15) is 44.7 Å². The van der Waals surface area contributed by atoms with E-state index >= 15 is 0 Å². The van der Waals surface area contributed by atoms with E-state index in [9.17, 15) is 4.39 Å². The fraction of sp³-hybridized carbons (Fsp3) is 0.538. The summed E-state index contributed by atoms with van der Waals surface area (Å²) < 4.78 is 14.2. The first-order chi connectivity index (χ1) is 8.12. The number of nitrogens with one attached hydrogen (secondary N) is 1. The van der Waals surface area contributed by atoms with E-state index in [4.69, 9.17) is 5.84 Å². The van der Waals surface area contributed by atoms with Crippen LogP contribution in [0.4, 0.5) is 4.39 Å². The van der Waals surface area contributed by atoms with Crippen molar-refractivity contribution in [1.29, 1.82) is 0 Å². The van der Waals surface area contributed by atoms with Gasteiger partial charge in [0.25, 0.3) is 0 Å². The molecule has 1 unspecified atom stereocenters. The fourth-order valence-corrected chi connectivity index (χ4v) is 2.54. The predicted molar refractivity (Wildman–Crippen MR) is 72.9 cm³/mol. The van der Waals surface area contributed by atoms with Gasteiger partial charge in [0.1, 0.15) is 5.82 Å². The number of hydrogen-bond donors (Lipinski definition) is 2. The van der Waals surface area contributed by atoms with Gasteiger partial charge in [-0.25, -0.2) is 4.39 Å². The molecule has 1 rings (SSSR count). The average Bonchev–Trinajstić information content (AvgIpc) is 2.34. The number of hydrazine groups is 1. The number of hydrogen-bond acceptors (Lipinski definition) is 2. The Balaban J connectivity index is 2.89. The molecule has 1 aromatic rings. The van der Waals surface area contributed by atoms with Crippen LogP contribution >= 0.6 is 15.9 Å². The van der Waals surface area contributed by atoms with Crippen molar-refractivity contribution in [3.05, 3.63) is 34.1 Å². The van der Waals surface area contributed by atoms with Crippen molar-refractivity contribution in [2.45, 2.75) is 39.2 Å². The van der Waals surface area contributed by atoms with Crippen LogP contribution in [0.15, 0.2) is 22.7 Å². The van der Waals surface area contributed by atoms with Crippen LogP contribution in [0, 0.1) is 11.7 Å². The number of halogens is 2. The Kier molecular flexibility index (Phi) is 6.09. The molecule has 0 fully saturated rings. The van der Waals surface area contributed by atoms with E-state index in [0.29, 0.717) is 5.92 Å². The molecule has 0 aliphatic heterocycles. The molecule has 0 aliphatic rings. The molecule has 0 amide bonds. The van der Waals surface area contributed by atoms with E-state index < -0.39 is 0 Å². The van der Waals surface area contributed by atoms with E-state index in [2.05, 4.69) is 35.2 Å². The average molecular weight is 303 g/mol. The van der Waals surface area contributed by atoms with Crippen LogP contribution in [0.5, 0.6) is 0 Å². The normalized spacial score (nSPS) is 13.1. The highest BCUT2D eigenvalue weighted by atomic mass is 79.9. The zero-order chi connectivity index (χ0) is 12.8. The summed E-state index contributed by atoms with van der Waals surface area (Å²) in [6, 6.07) is 4.70. The fourth-order valence-electron chi connectivity index (χ4n) is 2.02. The lowest BCUT2D eigenvalue weighted by Gasteiger charge is -2.22. The van der Waals surface area contributed by atoms with E-state index in [1.54, 1.807) is 6.07 Å². The molecule has 0 aromatic heterocycles. The summed E-state index contributed by atoms with van der Waals surface area (Å²) in [5.74, 6) is 5.96. The minimum Gasteiger partial charge on any atom is -0.271 e. The van der Waals surface area contributed by atoms with Crippen LogP contribution in [-0.4, -0.2) is 0 Å². The lowest BCUT2D eigenvalue weighted by molar-refractivity contribution is 0.373. The molecule has 0 aliphatic carbocycles. The molecule has 0 bridgehead atoms. The van der Waals surface area contributed by atoms with Gasteiger partial charge in [0.2, 0.25) is 0 Å².